The summed E-state index contributed by atoms with van der Waals surface area (Å²) < 4.78 is 23.0. The van der Waals surface area contributed by atoms with Crippen LogP contribution in [0.2, 0.25) is 0 Å². The number of hydrogen-bond donors (Lipinski definition) is 5. The van der Waals surface area contributed by atoms with Gasteiger partial charge in [0.25, 0.3) is 0 Å². The Balaban J connectivity index is 1.15. The summed E-state index contributed by atoms with van der Waals surface area (Å²) in [4.78, 5) is 83.5. The maximum Gasteiger partial charge on any atom is 0.317 e. The lowest BCUT2D eigenvalue weighted by Gasteiger charge is -2.32. The van der Waals surface area contributed by atoms with Gasteiger partial charge in [-0.1, -0.05) is 47.7 Å². The van der Waals surface area contributed by atoms with Crippen LogP contribution in [0.4, 0.5) is 5.69 Å². The van der Waals surface area contributed by atoms with Gasteiger partial charge in [-0.15, -0.1) is 5.10 Å². The van der Waals surface area contributed by atoms with Crippen LogP contribution in [-0.2, 0) is 60.8 Å². The van der Waals surface area contributed by atoms with Crippen molar-refractivity contribution in [3.8, 4) is 22.5 Å². The first-order valence-corrected chi connectivity index (χ1v) is 23.6. The van der Waals surface area contributed by atoms with E-state index < -0.39 is 17.9 Å². The highest BCUT2D eigenvalue weighted by atomic mass is 16.6. The molecule has 0 saturated carbocycles. The quantitative estimate of drug-likeness (QED) is 0.0631. The van der Waals surface area contributed by atoms with Crippen molar-refractivity contribution >= 4 is 41.3 Å². The molecule has 2 aliphatic rings. The molecule has 23 nitrogen and oxygen atoms in total. The van der Waals surface area contributed by atoms with Crippen molar-refractivity contribution in [3.63, 3.8) is 0 Å². The van der Waals surface area contributed by atoms with Crippen molar-refractivity contribution in [3.05, 3.63) is 54.1 Å². The normalized spacial score (nSPS) is 15.3. The zero-order valence-corrected chi connectivity index (χ0v) is 40.0. The number of methoxy groups -OCH3 is 1. The van der Waals surface area contributed by atoms with E-state index in [-0.39, 0.29) is 103 Å². The Morgan fingerprint density at radius 3 is 1.66 bits per heavy atom. The van der Waals surface area contributed by atoms with Crippen molar-refractivity contribution in [2.75, 3.05) is 150 Å². The lowest BCUT2D eigenvalue weighted by Crippen LogP contribution is -2.49. The molecule has 0 aliphatic carbocycles. The molecule has 5 rings (SSSR count). The van der Waals surface area contributed by atoms with Crippen LogP contribution in [0.5, 0.6) is 0 Å². The number of para-hydroxylation sites is 1. The minimum atomic E-state index is -1.03. The molecule has 384 valence electrons. The van der Waals surface area contributed by atoms with Crippen LogP contribution in [0.25, 0.3) is 22.5 Å². The minimum Gasteiger partial charge on any atom is -0.480 e. The highest BCUT2D eigenvalue weighted by Gasteiger charge is 2.29. The first-order chi connectivity index (χ1) is 33.9. The van der Waals surface area contributed by atoms with Gasteiger partial charge in [0.05, 0.1) is 90.4 Å². The number of carbonyl (C=O) groups is 6. The van der Waals surface area contributed by atoms with Gasteiger partial charge in [0.15, 0.2) is 0 Å². The predicted molar refractivity (Wildman–Crippen MR) is 255 cm³/mol. The number of carbonyl (C=O) groups excluding carboxylic acids is 3. The zero-order chi connectivity index (χ0) is 50.1. The van der Waals surface area contributed by atoms with E-state index in [9.17, 15) is 44.1 Å². The summed E-state index contributed by atoms with van der Waals surface area (Å²) in [5.41, 5.74) is 4.47. The van der Waals surface area contributed by atoms with E-state index in [1.165, 1.54) is 0 Å². The Hall–Kier alpha value is -5.92. The van der Waals surface area contributed by atoms with Crippen LogP contribution in [0.3, 0.4) is 0 Å². The van der Waals surface area contributed by atoms with E-state index in [0.29, 0.717) is 96.7 Å². The molecule has 0 bridgehead atoms. The first kappa shape index (κ1) is 55.0. The van der Waals surface area contributed by atoms with Gasteiger partial charge in [0, 0.05) is 103 Å². The van der Waals surface area contributed by atoms with E-state index in [2.05, 4.69) is 20.9 Å². The topological polar surface area (TPSA) is 271 Å². The monoisotopic (exact) mass is 980 g/mol. The lowest BCUT2D eigenvalue weighted by atomic mass is 9.95. The molecule has 2 aliphatic heterocycles. The predicted octanol–water partition coefficient (Wildman–Crippen LogP) is 0.0330. The van der Waals surface area contributed by atoms with Crippen molar-refractivity contribution in [2.45, 2.75) is 32.4 Å². The zero-order valence-electron chi connectivity index (χ0n) is 40.0. The van der Waals surface area contributed by atoms with E-state index in [1.807, 2.05) is 58.1 Å². The van der Waals surface area contributed by atoms with Crippen LogP contribution in [0.15, 0.2) is 48.5 Å². The molecule has 3 aromatic rings. The van der Waals surface area contributed by atoms with E-state index in [4.69, 9.17) is 18.9 Å². The van der Waals surface area contributed by atoms with Crippen molar-refractivity contribution in [1.29, 1.82) is 0 Å². The van der Waals surface area contributed by atoms with Crippen LogP contribution in [0, 0.1) is 0 Å². The number of ether oxygens (including phenoxy) is 4. The molecule has 23 heteroatoms. The SMILES string of the molecule is COCCOCCOCCOCCC(=O)NCCC(=O)N1Cc2ccccc2-c2c(nnn2CCCNC(=O)CN2CCN(CC(=O)O)CCN(CC(=O)O)CCN(CC(=O)O)CC2)-c2ccccc21. The number of carboxylic acid groups (broad SMARTS) is 3. The Bertz CT molecular complexity index is 2130. The van der Waals surface area contributed by atoms with Crippen LogP contribution >= 0.6 is 0 Å². The second kappa shape index (κ2) is 30.0. The Kier molecular flexibility index (Phi) is 23.5. The highest BCUT2D eigenvalue weighted by Crippen LogP contribution is 2.41. The molecule has 0 unspecified atom stereocenters. The minimum absolute atomic E-state index is 0.00333. The van der Waals surface area contributed by atoms with Gasteiger partial charge < -0.3 is 49.8 Å². The molecule has 1 fully saturated rings. The number of fused-ring (bicyclic) bond motifs is 5. The van der Waals surface area contributed by atoms with Gasteiger partial charge >= 0.3 is 17.9 Å². The smallest absolute Gasteiger partial charge is 0.317 e. The van der Waals surface area contributed by atoms with Gasteiger partial charge in [-0.3, -0.25) is 48.4 Å². The number of aliphatic carboxylic acids is 3. The molecule has 70 heavy (non-hydrogen) atoms. The number of nitrogens with one attached hydrogen (secondary N) is 2. The number of aromatic nitrogens is 3. The molecule has 1 aromatic heterocycles. The third-order valence-electron chi connectivity index (χ3n) is 11.6. The maximum absolute atomic E-state index is 14.0. The number of hydrogen-bond acceptors (Lipinski definition) is 16. The van der Waals surface area contributed by atoms with Crippen molar-refractivity contribution in [1.82, 2.24) is 45.2 Å². The summed E-state index contributed by atoms with van der Waals surface area (Å²) in [6.07, 6.45) is 0.707. The van der Waals surface area contributed by atoms with E-state index in [0.717, 1.165) is 22.4 Å². The summed E-state index contributed by atoms with van der Waals surface area (Å²) in [6, 6.07) is 15.3. The molecular formula is C47H68N10O13. The fraction of sp³-hybridized carbons (Fsp3) is 0.574. The van der Waals surface area contributed by atoms with Gasteiger partial charge in [-0.2, -0.15) is 0 Å². The number of nitrogens with zero attached hydrogens (tertiary/aromatic N) is 8. The van der Waals surface area contributed by atoms with Gasteiger partial charge in [0.2, 0.25) is 17.7 Å². The summed E-state index contributed by atoms with van der Waals surface area (Å²) in [7, 11) is 1.61. The Morgan fingerprint density at radius 1 is 0.586 bits per heavy atom. The van der Waals surface area contributed by atoms with Gasteiger partial charge in [-0.05, 0) is 18.1 Å². The second-order valence-electron chi connectivity index (χ2n) is 16.8. The summed E-state index contributed by atoms with van der Waals surface area (Å²) in [6.45, 7) is 5.59. The van der Waals surface area contributed by atoms with Crippen molar-refractivity contribution < 1.29 is 63.0 Å². The molecule has 3 amide bonds. The molecule has 2 aromatic carbocycles. The molecule has 1 saturated heterocycles. The lowest BCUT2D eigenvalue weighted by molar-refractivity contribution is -0.140. The van der Waals surface area contributed by atoms with Gasteiger partial charge in [0.1, 0.15) is 5.69 Å². The third kappa shape index (κ3) is 18.8. The Labute approximate surface area is 407 Å². The number of aryl methyl sites for hydroxylation is 1. The molecule has 0 radical (unpaired) electrons. The fourth-order valence-corrected chi connectivity index (χ4v) is 8.08. The van der Waals surface area contributed by atoms with E-state index >= 15 is 0 Å². The highest BCUT2D eigenvalue weighted by molar-refractivity contribution is 6.00. The number of amides is 3. The molecular weight excluding hydrogens is 913 g/mol. The summed E-state index contributed by atoms with van der Waals surface area (Å²) in [5, 5.41) is 43.6. The van der Waals surface area contributed by atoms with Crippen LogP contribution in [-0.4, -0.2) is 231 Å². The standard InChI is InChI=1S/C47H68N10O13/c1-67-25-26-69-29-30-70-28-27-68-24-12-40(58)49-14-11-42(60)56-31-36-7-2-3-8-37(36)47-46(38-9-4-5-10-39(38)56)50-51-57(47)15-6-13-48-41(59)32-52-16-18-53(33-43(61)62)20-22-55(35-45(65)66)23-21-54(19-17-52)34-44(63)64/h2-5,7-10H,6,11-35H2,1H3,(H,48,59)(H,49,58)(H,61,62)(H,63,64)(H,65,66). The van der Waals surface area contributed by atoms with Gasteiger partial charge in [-0.25, -0.2) is 4.68 Å². The number of anilines is 1. The molecule has 5 N–H and O–H groups in total. The van der Waals surface area contributed by atoms with Crippen LogP contribution < -0.4 is 15.5 Å². The second-order valence-corrected chi connectivity index (χ2v) is 16.8. The maximum atomic E-state index is 14.0. The number of carboxylic acids is 3. The van der Waals surface area contributed by atoms with Crippen molar-refractivity contribution in [2.24, 2.45) is 0 Å². The third-order valence-corrected chi connectivity index (χ3v) is 11.6. The number of rotatable bonds is 27. The Morgan fingerprint density at radius 2 is 1.09 bits per heavy atom. The molecule has 0 spiro atoms. The first-order valence-electron chi connectivity index (χ1n) is 23.6. The molecule has 0 atom stereocenters. The number of benzene rings is 2. The fourth-order valence-electron chi connectivity index (χ4n) is 8.08. The summed E-state index contributed by atoms with van der Waals surface area (Å²) in [5.74, 6) is -3.75. The average molecular weight is 981 g/mol. The largest absolute Gasteiger partial charge is 0.480 e. The average Bonchev–Trinajstić information content (AvgIpc) is 3.74. The summed E-state index contributed by atoms with van der Waals surface area (Å²) >= 11 is 0. The van der Waals surface area contributed by atoms with Crippen LogP contribution in [0.1, 0.15) is 24.8 Å². The molecule has 3 heterocycles. The van der Waals surface area contributed by atoms with E-state index in [1.54, 1.807) is 26.7 Å².